The van der Waals surface area contributed by atoms with Gasteiger partial charge in [0.05, 0.1) is 0 Å². The van der Waals surface area contributed by atoms with Crippen LogP contribution in [0.25, 0.3) is 0 Å². The van der Waals surface area contributed by atoms with Crippen molar-refractivity contribution < 1.29 is 0 Å². The van der Waals surface area contributed by atoms with Gasteiger partial charge in [0, 0.05) is 20.6 Å². The van der Waals surface area contributed by atoms with Gasteiger partial charge in [0.15, 0.2) is 5.11 Å². The summed E-state index contributed by atoms with van der Waals surface area (Å²) in [5.74, 6) is 0. The van der Waals surface area contributed by atoms with Gasteiger partial charge in [-0.3, -0.25) is 0 Å². The van der Waals surface area contributed by atoms with Crippen molar-refractivity contribution in [1.82, 2.24) is 10.2 Å². The van der Waals surface area contributed by atoms with E-state index in [2.05, 4.69) is 12.2 Å². The molecule has 0 atom stereocenters. The first-order chi connectivity index (χ1) is 6.18. The number of nitrogens with one attached hydrogen (secondary N) is 1. The maximum Gasteiger partial charge on any atom is 0.168 e. The molecule has 3 heteroatoms. The van der Waals surface area contributed by atoms with Crippen molar-refractivity contribution in [2.45, 2.75) is 40.0 Å². The average molecular weight is 204 g/mol. The normalized spacial score (nSPS) is 8.38. The zero-order chi connectivity index (χ0) is 10.7. The summed E-state index contributed by atoms with van der Waals surface area (Å²) in [4.78, 5) is 1.92. The highest BCUT2D eigenvalue weighted by Crippen LogP contribution is 1.91. The first-order valence-corrected chi connectivity index (χ1v) is 5.54. The fourth-order valence-electron chi connectivity index (χ4n) is 0.728. The molecule has 0 spiro atoms. The topological polar surface area (TPSA) is 15.3 Å². The Kier molecular flexibility index (Phi) is 13.6. The molecule has 0 amide bonds. The number of rotatable bonds is 4. The second kappa shape index (κ2) is 11.7. The number of thiocarbonyl (C=S) groups is 1. The Morgan fingerprint density at radius 1 is 1.23 bits per heavy atom. The van der Waals surface area contributed by atoms with Gasteiger partial charge in [-0.25, -0.2) is 0 Å². The molecule has 0 unspecified atom stereocenters. The molecule has 0 aliphatic rings. The molecule has 0 aromatic carbocycles. The summed E-state index contributed by atoms with van der Waals surface area (Å²) in [6, 6.07) is 0. The van der Waals surface area contributed by atoms with E-state index in [1.165, 1.54) is 19.3 Å². The first kappa shape index (κ1) is 15.2. The lowest BCUT2D eigenvalue weighted by Crippen LogP contribution is -2.34. The molecule has 13 heavy (non-hydrogen) atoms. The van der Waals surface area contributed by atoms with Crippen LogP contribution in [0.15, 0.2) is 0 Å². The lowest BCUT2D eigenvalue weighted by atomic mass is 10.2. The Labute approximate surface area is 88.7 Å². The molecular formula is C10H24N2S. The van der Waals surface area contributed by atoms with Gasteiger partial charge in [0.25, 0.3) is 0 Å². The predicted octanol–water partition coefficient (Wildman–Crippen LogP) is 2.64. The van der Waals surface area contributed by atoms with Crippen LogP contribution in [0.4, 0.5) is 0 Å². The van der Waals surface area contributed by atoms with Crippen LogP contribution >= 0.6 is 12.2 Å². The molecule has 0 radical (unpaired) electrons. The molecule has 0 rings (SSSR count). The lowest BCUT2D eigenvalue weighted by Gasteiger charge is -2.14. The highest BCUT2D eigenvalue weighted by Gasteiger charge is 1.94. The molecule has 0 aromatic heterocycles. The Bertz CT molecular complexity index is 113. The van der Waals surface area contributed by atoms with E-state index in [9.17, 15) is 0 Å². The lowest BCUT2D eigenvalue weighted by molar-refractivity contribution is 0.589. The number of unbranched alkanes of at least 4 members (excludes halogenated alkanes) is 2. The van der Waals surface area contributed by atoms with Crippen LogP contribution in [0.5, 0.6) is 0 Å². The average Bonchev–Trinajstić information content (AvgIpc) is 2.15. The molecule has 0 aliphatic carbocycles. The maximum absolute atomic E-state index is 5.04. The monoisotopic (exact) mass is 204 g/mol. The van der Waals surface area contributed by atoms with Crippen LogP contribution in [-0.4, -0.2) is 30.7 Å². The molecule has 0 saturated carbocycles. The Morgan fingerprint density at radius 3 is 2.15 bits per heavy atom. The molecule has 0 bridgehead atoms. The van der Waals surface area contributed by atoms with Gasteiger partial charge in [-0.1, -0.05) is 33.6 Å². The van der Waals surface area contributed by atoms with Crippen LogP contribution in [0, 0.1) is 0 Å². The van der Waals surface area contributed by atoms with E-state index in [-0.39, 0.29) is 0 Å². The minimum absolute atomic E-state index is 0.834. The van der Waals surface area contributed by atoms with Crippen molar-refractivity contribution in [3.05, 3.63) is 0 Å². The fraction of sp³-hybridized carbons (Fsp3) is 0.900. The summed E-state index contributed by atoms with van der Waals surface area (Å²) >= 11 is 5.04. The van der Waals surface area contributed by atoms with Crippen molar-refractivity contribution in [1.29, 1.82) is 0 Å². The Morgan fingerprint density at radius 2 is 1.77 bits per heavy atom. The van der Waals surface area contributed by atoms with E-state index in [1.54, 1.807) is 0 Å². The zero-order valence-electron chi connectivity index (χ0n) is 9.68. The van der Waals surface area contributed by atoms with E-state index < -0.39 is 0 Å². The van der Waals surface area contributed by atoms with Gasteiger partial charge >= 0.3 is 0 Å². The van der Waals surface area contributed by atoms with Crippen molar-refractivity contribution in [2.75, 3.05) is 20.6 Å². The predicted molar refractivity (Wildman–Crippen MR) is 65.2 cm³/mol. The fourth-order valence-corrected chi connectivity index (χ4v) is 0.830. The summed E-state index contributed by atoms with van der Waals surface area (Å²) in [6.45, 7) is 7.20. The quantitative estimate of drug-likeness (QED) is 0.560. The van der Waals surface area contributed by atoms with Crippen molar-refractivity contribution in [3.63, 3.8) is 0 Å². The molecule has 0 aliphatic heterocycles. The molecule has 80 valence electrons. The van der Waals surface area contributed by atoms with E-state index in [0.717, 1.165) is 11.7 Å². The van der Waals surface area contributed by atoms with Gasteiger partial charge in [0.1, 0.15) is 0 Å². The van der Waals surface area contributed by atoms with Crippen LogP contribution in [0.1, 0.15) is 40.0 Å². The van der Waals surface area contributed by atoms with Crippen LogP contribution < -0.4 is 5.32 Å². The Balaban J connectivity index is 0. The standard InChI is InChI=1S/C8H18N2S.C2H6/c1-4-5-6-7-9-8(11)10(2)3;1-2/h4-7H2,1-3H3,(H,9,11);1-2H3. The SMILES string of the molecule is CC.CCCCCNC(=S)N(C)C. The molecular weight excluding hydrogens is 180 g/mol. The Hall–Kier alpha value is -0.310. The van der Waals surface area contributed by atoms with Crippen LogP contribution in [-0.2, 0) is 0 Å². The van der Waals surface area contributed by atoms with Gasteiger partial charge in [-0.05, 0) is 18.6 Å². The van der Waals surface area contributed by atoms with Crippen molar-refractivity contribution >= 4 is 17.3 Å². The second-order valence-electron chi connectivity index (χ2n) is 2.83. The largest absolute Gasteiger partial charge is 0.363 e. The van der Waals surface area contributed by atoms with E-state index >= 15 is 0 Å². The van der Waals surface area contributed by atoms with Gasteiger partial charge in [-0.15, -0.1) is 0 Å². The third kappa shape index (κ3) is 11.7. The van der Waals surface area contributed by atoms with Crippen molar-refractivity contribution in [2.24, 2.45) is 0 Å². The van der Waals surface area contributed by atoms with Gasteiger partial charge < -0.3 is 10.2 Å². The maximum atomic E-state index is 5.04. The summed E-state index contributed by atoms with van der Waals surface area (Å²) in [5, 5.41) is 4.01. The molecule has 0 aromatic rings. The van der Waals surface area contributed by atoms with Crippen LogP contribution in [0.2, 0.25) is 0 Å². The molecule has 0 fully saturated rings. The van der Waals surface area contributed by atoms with Crippen molar-refractivity contribution in [3.8, 4) is 0 Å². The van der Waals surface area contributed by atoms with Gasteiger partial charge in [-0.2, -0.15) is 0 Å². The molecule has 0 saturated heterocycles. The minimum Gasteiger partial charge on any atom is -0.363 e. The smallest absolute Gasteiger partial charge is 0.168 e. The summed E-state index contributed by atoms with van der Waals surface area (Å²) in [7, 11) is 3.91. The number of hydrogen-bond acceptors (Lipinski definition) is 1. The highest BCUT2D eigenvalue weighted by atomic mass is 32.1. The zero-order valence-corrected chi connectivity index (χ0v) is 10.5. The molecule has 2 nitrogen and oxygen atoms in total. The number of nitrogens with zero attached hydrogens (tertiary/aromatic N) is 1. The van der Waals surface area contributed by atoms with Gasteiger partial charge in [0.2, 0.25) is 0 Å². The first-order valence-electron chi connectivity index (χ1n) is 5.13. The summed E-state index contributed by atoms with van der Waals surface area (Å²) < 4.78 is 0. The summed E-state index contributed by atoms with van der Waals surface area (Å²) in [5.41, 5.74) is 0. The highest BCUT2D eigenvalue weighted by molar-refractivity contribution is 7.80. The third-order valence-corrected chi connectivity index (χ3v) is 1.97. The summed E-state index contributed by atoms with van der Waals surface area (Å²) in [6.07, 6.45) is 3.75. The minimum atomic E-state index is 0.834. The van der Waals surface area contributed by atoms with E-state index in [4.69, 9.17) is 12.2 Å². The third-order valence-electron chi connectivity index (χ3n) is 1.46. The van der Waals surface area contributed by atoms with E-state index in [0.29, 0.717) is 0 Å². The number of hydrogen-bond donors (Lipinski definition) is 1. The van der Waals surface area contributed by atoms with E-state index in [1.807, 2.05) is 32.8 Å². The molecule has 0 heterocycles. The molecule has 1 N–H and O–H groups in total. The second-order valence-corrected chi connectivity index (χ2v) is 3.22. The van der Waals surface area contributed by atoms with Crippen LogP contribution in [0.3, 0.4) is 0 Å².